The molecule has 252 valence electrons. The number of thiazole rings is 1. The van der Waals surface area contributed by atoms with Crippen LogP contribution in [0.25, 0.3) is 10.4 Å². The van der Waals surface area contributed by atoms with E-state index in [1.165, 1.54) is 0 Å². The number of nitrogens with one attached hydrogen (secondary N) is 1. The molecule has 3 aliphatic heterocycles. The summed E-state index contributed by atoms with van der Waals surface area (Å²) in [7, 11) is 2.07. The second kappa shape index (κ2) is 14.4. The van der Waals surface area contributed by atoms with E-state index in [1.54, 1.807) is 27.2 Å². The maximum atomic E-state index is 13.4. The molecule has 0 bridgehead atoms. The van der Waals surface area contributed by atoms with Crippen molar-refractivity contribution in [2.45, 2.75) is 77.0 Å². The van der Waals surface area contributed by atoms with Gasteiger partial charge in [-0.05, 0) is 71.2 Å². The van der Waals surface area contributed by atoms with Crippen LogP contribution < -0.4 is 10.2 Å². The number of amides is 3. The Balaban J connectivity index is 0.985. The number of carbonyl (C=O) groups is 3. The zero-order valence-electron chi connectivity index (χ0n) is 27.7. The van der Waals surface area contributed by atoms with Crippen LogP contribution >= 0.6 is 11.3 Å². The van der Waals surface area contributed by atoms with E-state index in [4.69, 9.17) is 9.26 Å². The number of rotatable bonds is 9. The lowest BCUT2D eigenvalue weighted by Crippen LogP contribution is -2.54. The Labute approximate surface area is 280 Å². The summed E-state index contributed by atoms with van der Waals surface area (Å²) in [6, 6.07) is 9.47. The van der Waals surface area contributed by atoms with Gasteiger partial charge < -0.3 is 34.2 Å². The van der Waals surface area contributed by atoms with E-state index in [-0.39, 0.29) is 36.4 Å². The Kier molecular flexibility index (Phi) is 10.1. The number of piperazine rings is 1. The molecular weight excluding hydrogens is 618 g/mol. The minimum absolute atomic E-state index is 0.0300. The van der Waals surface area contributed by atoms with Crippen molar-refractivity contribution in [3.8, 4) is 10.4 Å². The van der Waals surface area contributed by atoms with Crippen molar-refractivity contribution in [2.24, 2.45) is 0 Å². The van der Waals surface area contributed by atoms with Gasteiger partial charge in [0.1, 0.15) is 18.4 Å². The molecule has 4 unspecified atom stereocenters. The van der Waals surface area contributed by atoms with E-state index in [0.717, 1.165) is 47.5 Å². The molecule has 0 saturated carbocycles. The summed E-state index contributed by atoms with van der Waals surface area (Å²) in [5, 5.41) is 7.35. The molecule has 3 saturated heterocycles. The van der Waals surface area contributed by atoms with Crippen LogP contribution in [0.1, 0.15) is 62.6 Å². The van der Waals surface area contributed by atoms with Crippen LogP contribution in [0.5, 0.6) is 0 Å². The van der Waals surface area contributed by atoms with Gasteiger partial charge in [-0.3, -0.25) is 9.59 Å². The van der Waals surface area contributed by atoms with Crippen molar-refractivity contribution in [3.05, 3.63) is 52.9 Å². The van der Waals surface area contributed by atoms with Crippen molar-refractivity contribution in [2.75, 3.05) is 51.3 Å². The van der Waals surface area contributed by atoms with Gasteiger partial charge in [-0.2, -0.15) is 0 Å². The minimum atomic E-state index is -0.519. The fraction of sp³-hybridized carbons (Fsp3) is 0.559. The minimum Gasteiger partial charge on any atom is -0.448 e. The lowest BCUT2D eigenvalue weighted by molar-refractivity contribution is -0.138. The Hall–Kier alpha value is -3.97. The highest BCUT2D eigenvalue weighted by molar-refractivity contribution is 7.13. The van der Waals surface area contributed by atoms with E-state index < -0.39 is 6.04 Å². The van der Waals surface area contributed by atoms with Crippen LogP contribution in [0.3, 0.4) is 0 Å². The van der Waals surface area contributed by atoms with Gasteiger partial charge in [-0.15, -0.1) is 11.3 Å². The highest BCUT2D eigenvalue weighted by atomic mass is 32.1. The molecule has 0 spiro atoms. The third-order valence-electron chi connectivity index (χ3n) is 9.78. The number of hydrogen-bond acceptors (Lipinski definition) is 10. The molecule has 3 aliphatic rings. The fourth-order valence-electron chi connectivity index (χ4n) is 6.90. The van der Waals surface area contributed by atoms with E-state index in [2.05, 4.69) is 44.4 Å². The molecule has 0 radical (unpaired) electrons. The van der Waals surface area contributed by atoms with E-state index in [1.807, 2.05) is 38.4 Å². The molecule has 2 aromatic heterocycles. The maximum Gasteiger partial charge on any atom is 0.410 e. The van der Waals surface area contributed by atoms with Gasteiger partial charge in [0.15, 0.2) is 5.82 Å². The first-order chi connectivity index (χ1) is 22.7. The third kappa shape index (κ3) is 7.46. The standard InChI is InChI=1S/C34H45N7O5S/c1-22-19-39(15-16-40(22)34(44)45-20-27-7-5-13-38(27)4)30-17-28(46-37-30)18-31(42)41-14-6-8-29(41)33(43)36-23(2)25-9-11-26(12-10-25)32-24(3)35-21-47-32/h9-12,17,21-23,27,29H,5-8,13-16,18-20H2,1-4H3,(H,36,43). The second-order valence-corrected chi connectivity index (χ2v) is 13.9. The molecule has 3 fully saturated rings. The van der Waals surface area contributed by atoms with Crippen LogP contribution in [-0.2, 0) is 20.7 Å². The first kappa shape index (κ1) is 33.0. The van der Waals surface area contributed by atoms with Gasteiger partial charge in [0.2, 0.25) is 11.8 Å². The van der Waals surface area contributed by atoms with Gasteiger partial charge in [-0.1, -0.05) is 29.4 Å². The van der Waals surface area contributed by atoms with E-state index in [9.17, 15) is 14.4 Å². The predicted octanol–water partition coefficient (Wildman–Crippen LogP) is 4.26. The highest BCUT2D eigenvalue weighted by Crippen LogP contribution is 2.29. The summed E-state index contributed by atoms with van der Waals surface area (Å²) in [6.07, 6.45) is 3.34. The van der Waals surface area contributed by atoms with Gasteiger partial charge in [-0.25, -0.2) is 9.78 Å². The second-order valence-electron chi connectivity index (χ2n) is 13.0. The zero-order chi connectivity index (χ0) is 33.1. The Morgan fingerprint density at radius 2 is 1.87 bits per heavy atom. The van der Waals surface area contributed by atoms with Crippen LogP contribution in [0, 0.1) is 6.92 Å². The number of benzene rings is 1. The van der Waals surface area contributed by atoms with Crippen LogP contribution in [0.2, 0.25) is 0 Å². The van der Waals surface area contributed by atoms with Crippen molar-refractivity contribution in [3.63, 3.8) is 0 Å². The van der Waals surface area contributed by atoms with E-state index >= 15 is 0 Å². The molecule has 47 heavy (non-hydrogen) atoms. The van der Waals surface area contributed by atoms with Crippen molar-refractivity contribution in [1.82, 2.24) is 30.2 Å². The predicted molar refractivity (Wildman–Crippen MR) is 179 cm³/mol. The summed E-state index contributed by atoms with van der Waals surface area (Å²) < 4.78 is 11.2. The average molecular weight is 664 g/mol. The molecule has 1 aromatic carbocycles. The monoisotopic (exact) mass is 663 g/mol. The van der Waals surface area contributed by atoms with Crippen molar-refractivity contribution in [1.29, 1.82) is 0 Å². The molecule has 1 N–H and O–H groups in total. The summed E-state index contributed by atoms with van der Waals surface area (Å²) in [5.41, 5.74) is 4.96. The van der Waals surface area contributed by atoms with E-state index in [0.29, 0.717) is 56.8 Å². The van der Waals surface area contributed by atoms with Gasteiger partial charge in [0.25, 0.3) is 0 Å². The van der Waals surface area contributed by atoms with Crippen LogP contribution in [-0.4, -0.2) is 107 Å². The fourth-order valence-corrected chi connectivity index (χ4v) is 7.71. The largest absolute Gasteiger partial charge is 0.448 e. The number of aryl methyl sites for hydroxylation is 1. The summed E-state index contributed by atoms with van der Waals surface area (Å²) in [6.45, 7) is 9.63. The summed E-state index contributed by atoms with van der Waals surface area (Å²) in [5.74, 6) is 0.790. The van der Waals surface area contributed by atoms with Crippen molar-refractivity contribution < 1.29 is 23.6 Å². The normalized spacial score (nSPS) is 22.5. The number of likely N-dealkylation sites (tertiary alicyclic amines) is 2. The Bertz CT molecular complexity index is 1560. The third-order valence-corrected chi connectivity index (χ3v) is 10.8. The average Bonchev–Trinajstić information content (AvgIpc) is 3.88. The van der Waals surface area contributed by atoms with Gasteiger partial charge in [0, 0.05) is 44.3 Å². The van der Waals surface area contributed by atoms with Gasteiger partial charge in [0.05, 0.1) is 28.5 Å². The molecule has 6 rings (SSSR count). The molecule has 13 heteroatoms. The van der Waals surface area contributed by atoms with Crippen LogP contribution in [0.4, 0.5) is 10.6 Å². The first-order valence-electron chi connectivity index (χ1n) is 16.6. The molecule has 12 nitrogen and oxygen atoms in total. The molecule has 0 aliphatic carbocycles. The zero-order valence-corrected chi connectivity index (χ0v) is 28.5. The lowest BCUT2D eigenvalue weighted by Gasteiger charge is -2.39. The topological polar surface area (TPSA) is 124 Å². The summed E-state index contributed by atoms with van der Waals surface area (Å²) >= 11 is 1.61. The molecule has 5 heterocycles. The number of aromatic nitrogens is 2. The number of likely N-dealkylation sites (N-methyl/N-ethyl adjacent to an activating group) is 1. The first-order valence-corrected chi connectivity index (χ1v) is 17.5. The highest BCUT2D eigenvalue weighted by Gasteiger charge is 2.36. The SMILES string of the molecule is Cc1ncsc1-c1ccc(C(C)NC(=O)C2CCCN2C(=O)Cc2cc(N3CCN(C(=O)OCC4CCCN4C)C(C)C3)no2)cc1. The number of hydrogen-bond donors (Lipinski definition) is 1. The summed E-state index contributed by atoms with van der Waals surface area (Å²) in [4.78, 5) is 52.7. The maximum absolute atomic E-state index is 13.4. The quantitative estimate of drug-likeness (QED) is 0.358. The Morgan fingerprint density at radius 1 is 1.09 bits per heavy atom. The molecule has 3 aromatic rings. The van der Waals surface area contributed by atoms with Crippen LogP contribution in [0.15, 0.2) is 40.4 Å². The smallest absolute Gasteiger partial charge is 0.410 e. The number of ether oxygens (including phenoxy) is 1. The number of nitrogens with zero attached hydrogens (tertiary/aromatic N) is 6. The molecule has 3 amide bonds. The number of anilines is 1. The Morgan fingerprint density at radius 3 is 2.57 bits per heavy atom. The number of carbonyl (C=O) groups excluding carboxylic acids is 3. The van der Waals surface area contributed by atoms with Crippen molar-refractivity contribution >= 4 is 35.1 Å². The lowest BCUT2D eigenvalue weighted by atomic mass is 10.0. The molecule has 4 atom stereocenters. The molecular formula is C34H45N7O5S. The van der Waals surface area contributed by atoms with Gasteiger partial charge >= 0.3 is 6.09 Å².